The normalized spacial score (nSPS) is 11.2. The van der Waals surface area contributed by atoms with E-state index in [1.165, 1.54) is 5.56 Å². The fourth-order valence-corrected chi connectivity index (χ4v) is 3.56. The zero-order valence-electron chi connectivity index (χ0n) is 17.2. The van der Waals surface area contributed by atoms with Crippen molar-refractivity contribution in [2.75, 3.05) is 5.32 Å². The lowest BCUT2D eigenvalue weighted by Gasteiger charge is -2.08. The highest BCUT2D eigenvalue weighted by atomic mass is 79.9. The first kappa shape index (κ1) is 20.3. The summed E-state index contributed by atoms with van der Waals surface area (Å²) in [5.41, 5.74) is 6.40. The molecule has 30 heavy (non-hydrogen) atoms. The molecule has 1 N–H and O–H groups in total. The van der Waals surface area contributed by atoms with Crippen LogP contribution in [0, 0.1) is 6.92 Å². The number of nitrogens with zero attached hydrogens (tertiary/aromatic N) is 3. The van der Waals surface area contributed by atoms with Crippen LogP contribution in [-0.2, 0) is 11.2 Å². The molecule has 0 bridgehead atoms. The van der Waals surface area contributed by atoms with Crippen molar-refractivity contribution in [2.24, 2.45) is 0 Å². The van der Waals surface area contributed by atoms with E-state index >= 15 is 0 Å². The molecule has 1 amide bonds. The van der Waals surface area contributed by atoms with Crippen molar-refractivity contribution in [1.82, 2.24) is 15.0 Å². The first-order valence-corrected chi connectivity index (χ1v) is 10.7. The fraction of sp³-hybridized carbons (Fsp3) is 0.208. The Balaban J connectivity index is 1.55. The third-order valence-corrected chi connectivity index (χ3v) is 5.60. The molecule has 0 aliphatic rings. The van der Waals surface area contributed by atoms with E-state index < -0.39 is 0 Å². The Hall–Kier alpha value is -2.99. The van der Waals surface area contributed by atoms with E-state index in [-0.39, 0.29) is 5.91 Å². The van der Waals surface area contributed by atoms with Gasteiger partial charge in [0.1, 0.15) is 11.0 Å². The molecule has 0 aliphatic heterocycles. The van der Waals surface area contributed by atoms with E-state index in [1.54, 1.807) is 4.80 Å². The third-order valence-electron chi connectivity index (χ3n) is 5.07. The van der Waals surface area contributed by atoms with Crippen LogP contribution in [0.3, 0.4) is 0 Å². The van der Waals surface area contributed by atoms with Crippen LogP contribution in [0.1, 0.15) is 36.5 Å². The first-order valence-electron chi connectivity index (χ1n) is 9.91. The van der Waals surface area contributed by atoms with Gasteiger partial charge in [0.15, 0.2) is 0 Å². The second-order valence-corrected chi connectivity index (χ2v) is 8.66. The summed E-state index contributed by atoms with van der Waals surface area (Å²) in [7, 11) is 0. The number of nitrogens with one attached hydrogen (secondary N) is 1. The van der Waals surface area contributed by atoms with Gasteiger partial charge in [-0.3, -0.25) is 4.79 Å². The van der Waals surface area contributed by atoms with Crippen molar-refractivity contribution in [3.63, 3.8) is 0 Å². The zero-order valence-corrected chi connectivity index (χ0v) is 18.8. The summed E-state index contributed by atoms with van der Waals surface area (Å²) in [5, 5.41) is 12.2. The molecule has 3 aromatic carbocycles. The Bertz CT molecular complexity index is 1190. The zero-order chi connectivity index (χ0) is 21.3. The summed E-state index contributed by atoms with van der Waals surface area (Å²) in [5.74, 6) is 0.423. The largest absolute Gasteiger partial charge is 0.325 e. The molecule has 0 radical (unpaired) electrons. The first-order chi connectivity index (χ1) is 14.4. The van der Waals surface area contributed by atoms with Crippen LogP contribution >= 0.6 is 15.9 Å². The van der Waals surface area contributed by atoms with Gasteiger partial charge in [-0.25, -0.2) is 0 Å². The second-order valence-electron chi connectivity index (χ2n) is 7.74. The number of anilines is 1. The molecule has 0 unspecified atom stereocenters. The standard InChI is InChI=1S/C24H23BrN4O/c1-15(2)18-6-10-20(11-7-18)29-27-22-12-16(3)21(14-23(22)28-29)26-24(30)13-17-4-8-19(25)9-5-17/h4-12,14-15H,13H2,1-3H3,(H,26,30). The Labute approximate surface area is 184 Å². The van der Waals surface area contributed by atoms with Crippen LogP contribution in [0.15, 0.2) is 65.1 Å². The number of benzene rings is 3. The van der Waals surface area contributed by atoms with Gasteiger partial charge >= 0.3 is 0 Å². The predicted octanol–water partition coefficient (Wildman–Crippen LogP) is 5.80. The molecule has 0 saturated heterocycles. The van der Waals surface area contributed by atoms with Crippen molar-refractivity contribution >= 4 is 38.6 Å². The molecule has 5 nitrogen and oxygen atoms in total. The summed E-state index contributed by atoms with van der Waals surface area (Å²) < 4.78 is 0.995. The van der Waals surface area contributed by atoms with E-state index in [9.17, 15) is 4.79 Å². The number of hydrogen-bond donors (Lipinski definition) is 1. The van der Waals surface area contributed by atoms with E-state index in [0.717, 1.165) is 38.0 Å². The van der Waals surface area contributed by atoms with Gasteiger partial charge in [-0.1, -0.05) is 54.0 Å². The minimum absolute atomic E-state index is 0.0589. The number of aryl methyl sites for hydroxylation is 1. The molecule has 0 atom stereocenters. The molecule has 4 aromatic rings. The average Bonchev–Trinajstić information content (AvgIpc) is 3.12. The molecule has 1 aromatic heterocycles. The van der Waals surface area contributed by atoms with Gasteiger partial charge in [0.05, 0.1) is 12.1 Å². The Morgan fingerprint density at radius 1 is 1.00 bits per heavy atom. The van der Waals surface area contributed by atoms with Crippen LogP contribution in [-0.4, -0.2) is 20.9 Å². The topological polar surface area (TPSA) is 59.8 Å². The number of amides is 1. The van der Waals surface area contributed by atoms with E-state index in [2.05, 4.69) is 57.4 Å². The minimum Gasteiger partial charge on any atom is -0.325 e. The number of hydrogen-bond acceptors (Lipinski definition) is 3. The highest BCUT2D eigenvalue weighted by Crippen LogP contribution is 2.23. The summed E-state index contributed by atoms with van der Waals surface area (Å²) in [6.45, 7) is 6.31. The average molecular weight is 463 g/mol. The van der Waals surface area contributed by atoms with E-state index in [4.69, 9.17) is 0 Å². The molecular weight excluding hydrogens is 440 g/mol. The van der Waals surface area contributed by atoms with Crippen molar-refractivity contribution in [2.45, 2.75) is 33.1 Å². The Morgan fingerprint density at radius 3 is 2.27 bits per heavy atom. The number of rotatable bonds is 5. The number of carbonyl (C=O) groups is 1. The maximum Gasteiger partial charge on any atom is 0.228 e. The molecular formula is C24H23BrN4O. The number of halogens is 1. The third kappa shape index (κ3) is 4.44. The quantitative estimate of drug-likeness (QED) is 0.407. The molecule has 0 fully saturated rings. The molecule has 152 valence electrons. The summed E-state index contributed by atoms with van der Waals surface area (Å²) in [6.07, 6.45) is 0.319. The van der Waals surface area contributed by atoms with E-state index in [1.807, 2.05) is 55.5 Å². The van der Waals surface area contributed by atoms with Crippen LogP contribution < -0.4 is 5.32 Å². The summed E-state index contributed by atoms with van der Waals surface area (Å²) in [4.78, 5) is 14.1. The van der Waals surface area contributed by atoms with E-state index in [0.29, 0.717) is 12.3 Å². The number of carbonyl (C=O) groups excluding carboxylic acids is 1. The van der Waals surface area contributed by atoms with Crippen molar-refractivity contribution in [3.05, 3.63) is 81.8 Å². The summed E-state index contributed by atoms with van der Waals surface area (Å²) >= 11 is 3.41. The molecule has 4 rings (SSSR count). The van der Waals surface area contributed by atoms with Gasteiger partial charge < -0.3 is 5.32 Å². The molecule has 0 spiro atoms. The SMILES string of the molecule is Cc1cc2nn(-c3ccc(C(C)C)cc3)nc2cc1NC(=O)Cc1ccc(Br)cc1. The molecule has 6 heteroatoms. The lowest BCUT2D eigenvalue weighted by atomic mass is 10.0. The molecule has 0 aliphatic carbocycles. The maximum atomic E-state index is 12.5. The van der Waals surface area contributed by atoms with Gasteiger partial charge in [0.2, 0.25) is 5.91 Å². The minimum atomic E-state index is -0.0589. The Morgan fingerprint density at radius 2 is 1.63 bits per heavy atom. The fourth-order valence-electron chi connectivity index (χ4n) is 3.29. The van der Waals surface area contributed by atoms with Crippen LogP contribution in [0.5, 0.6) is 0 Å². The smallest absolute Gasteiger partial charge is 0.228 e. The Kier molecular flexibility index (Phi) is 5.68. The summed E-state index contributed by atoms with van der Waals surface area (Å²) in [6, 6.07) is 19.9. The van der Waals surface area contributed by atoms with Crippen molar-refractivity contribution in [3.8, 4) is 5.69 Å². The second kappa shape index (κ2) is 8.40. The maximum absolute atomic E-state index is 12.5. The number of aromatic nitrogens is 3. The molecule has 0 saturated carbocycles. The van der Waals surface area contributed by atoms with Gasteiger partial charge in [-0.15, -0.1) is 10.2 Å². The molecule has 1 heterocycles. The number of fused-ring (bicyclic) bond motifs is 1. The highest BCUT2D eigenvalue weighted by Gasteiger charge is 2.11. The van der Waals surface area contributed by atoms with Crippen molar-refractivity contribution < 1.29 is 4.79 Å². The van der Waals surface area contributed by atoms with Crippen LogP contribution in [0.4, 0.5) is 5.69 Å². The predicted molar refractivity (Wildman–Crippen MR) is 124 cm³/mol. The van der Waals surface area contributed by atoms with Crippen LogP contribution in [0.2, 0.25) is 0 Å². The van der Waals surface area contributed by atoms with Gasteiger partial charge in [0.25, 0.3) is 0 Å². The van der Waals surface area contributed by atoms with Crippen LogP contribution in [0.25, 0.3) is 16.7 Å². The highest BCUT2D eigenvalue weighted by molar-refractivity contribution is 9.10. The van der Waals surface area contributed by atoms with Crippen molar-refractivity contribution in [1.29, 1.82) is 0 Å². The monoisotopic (exact) mass is 462 g/mol. The lowest BCUT2D eigenvalue weighted by molar-refractivity contribution is -0.115. The lowest BCUT2D eigenvalue weighted by Crippen LogP contribution is -2.15. The van der Waals surface area contributed by atoms with Gasteiger partial charge in [-0.2, -0.15) is 4.80 Å². The van der Waals surface area contributed by atoms with Gasteiger partial charge in [0, 0.05) is 10.2 Å². The van der Waals surface area contributed by atoms with Gasteiger partial charge in [-0.05, 0) is 65.9 Å².